The van der Waals surface area contributed by atoms with E-state index in [1.54, 1.807) is 11.8 Å². The van der Waals surface area contributed by atoms with E-state index >= 15 is 0 Å². The van der Waals surface area contributed by atoms with Gasteiger partial charge in [-0.2, -0.15) is 0 Å². The number of hydrogen-bond donors (Lipinski definition) is 0. The molecule has 0 aliphatic heterocycles. The van der Waals surface area contributed by atoms with Crippen molar-refractivity contribution in [3.05, 3.63) is 95.1 Å². The summed E-state index contributed by atoms with van der Waals surface area (Å²) in [6.07, 6.45) is 0. The maximum absolute atomic E-state index is 12.7. The quantitative estimate of drug-likeness (QED) is 0.306. The molecule has 0 atom stereocenters. The van der Waals surface area contributed by atoms with Crippen LogP contribution >= 0.6 is 27.7 Å². The maximum atomic E-state index is 12.7. The average molecular weight is 453 g/mol. The Kier molecular flexibility index (Phi) is 6.21. The summed E-state index contributed by atoms with van der Waals surface area (Å²) in [7, 11) is 0. The van der Waals surface area contributed by atoms with Crippen molar-refractivity contribution < 1.29 is 9.59 Å². The van der Waals surface area contributed by atoms with Gasteiger partial charge in [-0.15, -0.1) is 0 Å². The van der Waals surface area contributed by atoms with Crippen LogP contribution in [-0.4, -0.2) is 15.9 Å². The molecule has 0 fully saturated rings. The summed E-state index contributed by atoms with van der Waals surface area (Å²) >= 11 is 5.01. The van der Waals surface area contributed by atoms with Crippen LogP contribution in [0, 0.1) is 6.92 Å². The van der Waals surface area contributed by atoms with Crippen LogP contribution in [0.1, 0.15) is 45.7 Å². The zero-order valence-electron chi connectivity index (χ0n) is 16.0. The SMILES string of the molecule is Cc1ccccc1C(=O)c1ccc(Sc2ccc(C(=O)C(C)(C)Br)cc2)cc1. The van der Waals surface area contributed by atoms with Gasteiger partial charge in [-0.05, 0) is 62.7 Å². The Morgan fingerprint density at radius 2 is 1.29 bits per heavy atom. The fraction of sp³-hybridized carbons (Fsp3) is 0.167. The second-order valence-electron chi connectivity index (χ2n) is 7.10. The number of rotatable bonds is 6. The van der Waals surface area contributed by atoms with Gasteiger partial charge < -0.3 is 0 Å². The van der Waals surface area contributed by atoms with Crippen molar-refractivity contribution in [2.75, 3.05) is 0 Å². The standard InChI is InChI=1S/C24H21BrO2S/c1-16-6-4-5-7-21(16)22(26)17-8-12-19(13-9-17)28-20-14-10-18(11-15-20)23(27)24(2,3)25/h4-15H,1-3H3. The van der Waals surface area contributed by atoms with Crippen LogP contribution in [0.2, 0.25) is 0 Å². The van der Waals surface area contributed by atoms with Gasteiger partial charge >= 0.3 is 0 Å². The first-order valence-corrected chi connectivity index (χ1v) is 10.6. The Labute approximate surface area is 178 Å². The lowest BCUT2D eigenvalue weighted by Gasteiger charge is -2.14. The van der Waals surface area contributed by atoms with E-state index in [4.69, 9.17) is 0 Å². The summed E-state index contributed by atoms with van der Waals surface area (Å²) in [5.41, 5.74) is 3.08. The van der Waals surface area contributed by atoms with Gasteiger partial charge in [0.25, 0.3) is 0 Å². The molecule has 2 nitrogen and oxygen atoms in total. The largest absolute Gasteiger partial charge is 0.293 e. The highest BCUT2D eigenvalue weighted by molar-refractivity contribution is 9.10. The summed E-state index contributed by atoms with van der Waals surface area (Å²) in [6, 6.07) is 22.9. The first-order chi connectivity index (χ1) is 13.3. The molecule has 3 rings (SSSR count). The number of carbonyl (C=O) groups excluding carboxylic acids is 2. The molecule has 0 aliphatic rings. The summed E-state index contributed by atoms with van der Waals surface area (Å²) in [6.45, 7) is 5.64. The van der Waals surface area contributed by atoms with Crippen LogP contribution in [0.4, 0.5) is 0 Å². The Hall–Kier alpha value is -2.17. The Morgan fingerprint density at radius 3 is 1.79 bits per heavy atom. The monoisotopic (exact) mass is 452 g/mol. The number of halogens is 1. The molecule has 0 heterocycles. The van der Waals surface area contributed by atoms with Gasteiger partial charge in [-0.3, -0.25) is 9.59 Å². The third-order valence-electron chi connectivity index (χ3n) is 4.40. The fourth-order valence-corrected chi connectivity index (χ4v) is 3.86. The van der Waals surface area contributed by atoms with Crippen LogP contribution < -0.4 is 0 Å². The molecule has 0 N–H and O–H groups in total. The Morgan fingerprint density at radius 1 is 0.786 bits per heavy atom. The van der Waals surface area contributed by atoms with E-state index in [0.717, 1.165) is 20.9 Å². The van der Waals surface area contributed by atoms with Crippen LogP contribution in [0.5, 0.6) is 0 Å². The van der Waals surface area contributed by atoms with E-state index in [1.807, 2.05) is 93.6 Å². The molecule has 0 saturated heterocycles. The molecule has 0 aromatic heterocycles. The van der Waals surface area contributed by atoms with Crippen molar-refractivity contribution in [1.82, 2.24) is 0 Å². The highest BCUT2D eigenvalue weighted by Crippen LogP contribution is 2.30. The molecule has 142 valence electrons. The minimum atomic E-state index is -0.568. The van der Waals surface area contributed by atoms with E-state index in [-0.39, 0.29) is 11.6 Å². The first-order valence-electron chi connectivity index (χ1n) is 8.98. The predicted molar refractivity (Wildman–Crippen MR) is 119 cm³/mol. The molecule has 28 heavy (non-hydrogen) atoms. The molecule has 0 aliphatic carbocycles. The van der Waals surface area contributed by atoms with Crippen molar-refractivity contribution in [2.45, 2.75) is 34.9 Å². The minimum Gasteiger partial charge on any atom is -0.293 e. The van der Waals surface area contributed by atoms with Crippen LogP contribution in [0.3, 0.4) is 0 Å². The van der Waals surface area contributed by atoms with Crippen molar-refractivity contribution in [2.24, 2.45) is 0 Å². The molecule has 3 aromatic carbocycles. The number of benzene rings is 3. The lowest BCUT2D eigenvalue weighted by Crippen LogP contribution is -2.23. The van der Waals surface area contributed by atoms with Crippen molar-refractivity contribution in [3.63, 3.8) is 0 Å². The molecule has 0 radical (unpaired) electrons. The van der Waals surface area contributed by atoms with Crippen LogP contribution in [0.15, 0.2) is 82.6 Å². The predicted octanol–water partition coefficient (Wildman–Crippen LogP) is 6.73. The lowest BCUT2D eigenvalue weighted by molar-refractivity contribution is 0.0960. The molecular formula is C24H21BrO2S. The molecule has 0 amide bonds. The smallest absolute Gasteiger partial charge is 0.193 e. The van der Waals surface area contributed by atoms with Crippen LogP contribution in [0.25, 0.3) is 0 Å². The second kappa shape index (κ2) is 8.46. The highest BCUT2D eigenvalue weighted by atomic mass is 79.9. The summed E-state index contributed by atoms with van der Waals surface area (Å²) < 4.78 is -0.568. The number of alkyl halides is 1. The fourth-order valence-electron chi connectivity index (χ4n) is 2.81. The number of ketones is 2. The van der Waals surface area contributed by atoms with Gasteiger partial charge in [-0.25, -0.2) is 0 Å². The summed E-state index contributed by atoms with van der Waals surface area (Å²) in [5.74, 6) is 0.0954. The number of carbonyl (C=O) groups is 2. The van der Waals surface area contributed by atoms with E-state index in [0.29, 0.717) is 11.1 Å². The van der Waals surface area contributed by atoms with Crippen molar-refractivity contribution in [1.29, 1.82) is 0 Å². The van der Waals surface area contributed by atoms with Gasteiger partial charge in [-0.1, -0.05) is 64.1 Å². The molecule has 0 saturated carbocycles. The first kappa shape index (κ1) is 20.6. The molecule has 0 spiro atoms. The minimum absolute atomic E-state index is 0.0369. The van der Waals surface area contributed by atoms with Crippen molar-refractivity contribution in [3.8, 4) is 0 Å². The number of hydrogen-bond acceptors (Lipinski definition) is 3. The topological polar surface area (TPSA) is 34.1 Å². The molecular weight excluding hydrogens is 432 g/mol. The van der Waals surface area contributed by atoms with Gasteiger partial charge in [0, 0.05) is 26.5 Å². The maximum Gasteiger partial charge on any atom is 0.193 e. The normalized spacial score (nSPS) is 11.3. The summed E-state index contributed by atoms with van der Waals surface area (Å²) in [4.78, 5) is 27.1. The zero-order chi connectivity index (χ0) is 20.3. The number of aryl methyl sites for hydroxylation is 1. The van der Waals surface area contributed by atoms with E-state index in [2.05, 4.69) is 15.9 Å². The molecule has 0 bridgehead atoms. The molecule has 0 unspecified atom stereocenters. The highest BCUT2D eigenvalue weighted by Gasteiger charge is 2.24. The third kappa shape index (κ3) is 4.81. The number of Topliss-reactive ketones (excluding diaryl/α,β-unsaturated/α-hetero) is 1. The van der Waals surface area contributed by atoms with E-state index in [9.17, 15) is 9.59 Å². The van der Waals surface area contributed by atoms with Gasteiger partial charge in [0.05, 0.1) is 4.32 Å². The van der Waals surface area contributed by atoms with Crippen LogP contribution in [-0.2, 0) is 0 Å². The van der Waals surface area contributed by atoms with Gasteiger partial charge in [0.2, 0.25) is 0 Å². The zero-order valence-corrected chi connectivity index (χ0v) is 18.4. The van der Waals surface area contributed by atoms with Crippen molar-refractivity contribution >= 4 is 39.3 Å². The Balaban J connectivity index is 1.72. The van der Waals surface area contributed by atoms with E-state index in [1.165, 1.54) is 0 Å². The molecule has 3 aromatic rings. The lowest BCUT2D eigenvalue weighted by atomic mass is 9.99. The second-order valence-corrected chi connectivity index (χ2v) is 10.2. The summed E-state index contributed by atoms with van der Waals surface area (Å²) in [5, 5.41) is 0. The molecule has 4 heteroatoms. The average Bonchev–Trinajstić information content (AvgIpc) is 2.68. The third-order valence-corrected chi connectivity index (χ3v) is 5.77. The van der Waals surface area contributed by atoms with Gasteiger partial charge in [0.15, 0.2) is 11.6 Å². The van der Waals surface area contributed by atoms with E-state index < -0.39 is 4.32 Å². The Bertz CT molecular complexity index is 1000. The van der Waals surface area contributed by atoms with Gasteiger partial charge in [0.1, 0.15) is 0 Å².